The summed E-state index contributed by atoms with van der Waals surface area (Å²) in [4.78, 5) is 19.2. The fraction of sp³-hybridized carbons (Fsp3) is 0.250. The van der Waals surface area contributed by atoms with E-state index >= 15 is 0 Å². The molecule has 3 rings (SSSR count). The summed E-state index contributed by atoms with van der Waals surface area (Å²) in [7, 11) is 1.85. The van der Waals surface area contributed by atoms with Crippen molar-refractivity contribution >= 4 is 28.3 Å². The second-order valence-electron chi connectivity index (χ2n) is 4.97. The maximum atomic E-state index is 12.3. The molecule has 2 aromatic heterocycles. The van der Waals surface area contributed by atoms with Crippen molar-refractivity contribution in [3.05, 3.63) is 47.6 Å². The van der Waals surface area contributed by atoms with Gasteiger partial charge in [-0.3, -0.25) is 9.36 Å². The minimum absolute atomic E-state index is 0.0810. The second-order valence-corrected chi connectivity index (χ2v) is 6.03. The van der Waals surface area contributed by atoms with Crippen molar-refractivity contribution < 1.29 is 4.79 Å². The molecule has 2 heterocycles. The van der Waals surface area contributed by atoms with Crippen molar-refractivity contribution in [3.8, 4) is 5.00 Å². The molecular weight excluding hydrogens is 282 g/mol. The van der Waals surface area contributed by atoms with Gasteiger partial charge in [-0.1, -0.05) is 19.1 Å². The van der Waals surface area contributed by atoms with E-state index in [4.69, 9.17) is 0 Å². The van der Waals surface area contributed by atoms with Gasteiger partial charge >= 0.3 is 0 Å². The van der Waals surface area contributed by atoms with Crippen LogP contribution in [0.1, 0.15) is 23.0 Å². The lowest BCUT2D eigenvalue weighted by Gasteiger charge is -2.14. The largest absolute Gasteiger partial charge is 0.341 e. The molecule has 0 saturated carbocycles. The number of carbonyl (C=O) groups is 1. The third kappa shape index (κ3) is 2.56. The Hall–Kier alpha value is -2.14. The third-order valence-corrected chi connectivity index (χ3v) is 4.47. The summed E-state index contributed by atoms with van der Waals surface area (Å²) < 4.78 is 2.02. The van der Waals surface area contributed by atoms with Gasteiger partial charge in [-0.2, -0.15) is 0 Å². The first kappa shape index (κ1) is 13.8. The number of nitrogens with zero attached hydrogens (tertiary/aromatic N) is 3. The first-order valence-electron chi connectivity index (χ1n) is 6.98. The number of aromatic nitrogens is 2. The fourth-order valence-corrected chi connectivity index (χ4v) is 3.32. The Bertz CT molecular complexity index is 775. The zero-order valence-electron chi connectivity index (χ0n) is 12.1. The number of hydrogen-bond donors (Lipinski definition) is 0. The van der Waals surface area contributed by atoms with Crippen LogP contribution in [0.4, 0.5) is 0 Å². The Morgan fingerprint density at radius 2 is 2.10 bits per heavy atom. The van der Waals surface area contributed by atoms with E-state index in [2.05, 4.69) is 11.9 Å². The average Bonchev–Trinajstić information content (AvgIpc) is 3.13. The molecule has 0 N–H and O–H groups in total. The Morgan fingerprint density at radius 3 is 2.90 bits per heavy atom. The summed E-state index contributed by atoms with van der Waals surface area (Å²) in [6.07, 6.45) is 2.77. The Labute approximate surface area is 127 Å². The first-order chi connectivity index (χ1) is 10.2. The van der Waals surface area contributed by atoms with Crippen molar-refractivity contribution in [2.24, 2.45) is 0 Å². The quantitative estimate of drug-likeness (QED) is 0.738. The van der Waals surface area contributed by atoms with E-state index in [0.29, 0.717) is 0 Å². The number of fused-ring (bicyclic) bond motifs is 1. The van der Waals surface area contributed by atoms with E-state index in [9.17, 15) is 4.79 Å². The average molecular weight is 299 g/mol. The molecule has 3 aromatic rings. The molecule has 0 bridgehead atoms. The van der Waals surface area contributed by atoms with Gasteiger partial charge in [-0.15, -0.1) is 11.3 Å². The summed E-state index contributed by atoms with van der Waals surface area (Å²) in [6.45, 7) is 2.85. The first-order valence-corrected chi connectivity index (χ1v) is 7.80. The van der Waals surface area contributed by atoms with Gasteiger partial charge in [0.05, 0.1) is 15.9 Å². The molecular formula is C16H17N3OS. The Balaban J connectivity index is 1.93. The lowest BCUT2D eigenvalue weighted by Crippen LogP contribution is -2.26. The van der Waals surface area contributed by atoms with E-state index in [0.717, 1.165) is 33.9 Å². The van der Waals surface area contributed by atoms with Gasteiger partial charge in [0.15, 0.2) is 0 Å². The standard InChI is InChI=1S/C16H17N3OS/c1-3-10-18(2)16(20)14-8-9-15(21-14)19-11-17-12-6-4-5-7-13(12)19/h4-9,11H,3,10H2,1-2H3. The highest BCUT2D eigenvalue weighted by atomic mass is 32.1. The molecule has 0 atom stereocenters. The van der Waals surface area contributed by atoms with Crippen molar-refractivity contribution in [2.45, 2.75) is 13.3 Å². The molecule has 0 fully saturated rings. The van der Waals surface area contributed by atoms with Gasteiger partial charge in [0, 0.05) is 13.6 Å². The van der Waals surface area contributed by atoms with Crippen LogP contribution in [0, 0.1) is 0 Å². The van der Waals surface area contributed by atoms with Crippen LogP contribution >= 0.6 is 11.3 Å². The highest BCUT2D eigenvalue weighted by molar-refractivity contribution is 7.16. The number of benzene rings is 1. The summed E-state index contributed by atoms with van der Waals surface area (Å²) in [6, 6.07) is 11.9. The molecule has 0 aliphatic heterocycles. The molecule has 108 valence electrons. The Morgan fingerprint density at radius 1 is 1.29 bits per heavy atom. The topological polar surface area (TPSA) is 38.1 Å². The zero-order chi connectivity index (χ0) is 14.8. The van der Waals surface area contributed by atoms with Gasteiger partial charge in [0.25, 0.3) is 5.91 Å². The SMILES string of the molecule is CCCN(C)C(=O)c1ccc(-n2cnc3ccccc32)s1. The van der Waals surface area contributed by atoms with Crippen LogP contribution in [0.15, 0.2) is 42.7 Å². The molecule has 0 radical (unpaired) electrons. The van der Waals surface area contributed by atoms with E-state index in [1.54, 1.807) is 11.2 Å². The number of carbonyl (C=O) groups excluding carboxylic acids is 1. The van der Waals surface area contributed by atoms with Crippen LogP contribution in [0.2, 0.25) is 0 Å². The smallest absolute Gasteiger partial charge is 0.263 e. The van der Waals surface area contributed by atoms with Crippen molar-refractivity contribution in [2.75, 3.05) is 13.6 Å². The van der Waals surface area contributed by atoms with Crippen LogP contribution in [-0.4, -0.2) is 34.0 Å². The van der Waals surface area contributed by atoms with Crippen LogP contribution in [0.5, 0.6) is 0 Å². The minimum atomic E-state index is 0.0810. The lowest BCUT2D eigenvalue weighted by atomic mass is 10.3. The number of hydrogen-bond acceptors (Lipinski definition) is 3. The van der Waals surface area contributed by atoms with Crippen molar-refractivity contribution in [3.63, 3.8) is 0 Å². The van der Waals surface area contributed by atoms with E-state index < -0.39 is 0 Å². The maximum absolute atomic E-state index is 12.3. The zero-order valence-corrected chi connectivity index (χ0v) is 12.9. The fourth-order valence-electron chi connectivity index (χ4n) is 2.33. The Kier molecular flexibility index (Phi) is 3.75. The normalized spacial score (nSPS) is 11.0. The molecule has 0 spiro atoms. The molecule has 5 heteroatoms. The molecule has 0 saturated heterocycles. The van der Waals surface area contributed by atoms with Crippen molar-refractivity contribution in [1.82, 2.24) is 14.5 Å². The predicted octanol–water partition coefficient (Wildman–Crippen LogP) is 3.57. The van der Waals surface area contributed by atoms with Gasteiger partial charge in [-0.05, 0) is 30.7 Å². The lowest BCUT2D eigenvalue weighted by molar-refractivity contribution is 0.0800. The van der Waals surface area contributed by atoms with Gasteiger partial charge in [-0.25, -0.2) is 4.98 Å². The summed E-state index contributed by atoms with van der Waals surface area (Å²) in [5.74, 6) is 0.0810. The van der Waals surface area contributed by atoms with Crippen molar-refractivity contribution in [1.29, 1.82) is 0 Å². The van der Waals surface area contributed by atoms with Gasteiger partial charge in [0.2, 0.25) is 0 Å². The number of amides is 1. The molecule has 0 aliphatic carbocycles. The third-order valence-electron chi connectivity index (χ3n) is 3.40. The van der Waals surface area contributed by atoms with Crippen LogP contribution in [-0.2, 0) is 0 Å². The summed E-state index contributed by atoms with van der Waals surface area (Å²) in [5.41, 5.74) is 2.02. The number of imidazole rings is 1. The van der Waals surface area contributed by atoms with Crippen LogP contribution in [0.3, 0.4) is 0 Å². The summed E-state index contributed by atoms with van der Waals surface area (Å²) >= 11 is 1.50. The maximum Gasteiger partial charge on any atom is 0.263 e. The predicted molar refractivity (Wildman–Crippen MR) is 86.2 cm³/mol. The molecule has 1 aromatic carbocycles. The number of rotatable bonds is 4. The minimum Gasteiger partial charge on any atom is -0.341 e. The highest BCUT2D eigenvalue weighted by Gasteiger charge is 2.15. The molecule has 4 nitrogen and oxygen atoms in total. The molecule has 1 amide bonds. The van der Waals surface area contributed by atoms with E-state index in [1.165, 1.54) is 11.3 Å². The number of thiophene rings is 1. The monoisotopic (exact) mass is 299 g/mol. The molecule has 21 heavy (non-hydrogen) atoms. The second kappa shape index (κ2) is 5.69. The highest BCUT2D eigenvalue weighted by Crippen LogP contribution is 2.25. The molecule has 0 unspecified atom stereocenters. The van der Waals surface area contributed by atoms with Gasteiger partial charge in [0.1, 0.15) is 11.3 Å². The number of para-hydroxylation sites is 2. The molecule has 0 aliphatic rings. The van der Waals surface area contributed by atoms with E-state index in [1.807, 2.05) is 48.0 Å². The van der Waals surface area contributed by atoms with Crippen LogP contribution in [0.25, 0.3) is 16.0 Å². The van der Waals surface area contributed by atoms with Gasteiger partial charge < -0.3 is 4.90 Å². The summed E-state index contributed by atoms with van der Waals surface area (Å²) in [5, 5.41) is 1.01. The van der Waals surface area contributed by atoms with E-state index in [-0.39, 0.29) is 5.91 Å². The van der Waals surface area contributed by atoms with Crippen LogP contribution < -0.4 is 0 Å².